The van der Waals surface area contributed by atoms with Crippen LogP contribution in [0.4, 0.5) is 36.4 Å². The lowest BCUT2D eigenvalue weighted by Crippen LogP contribution is -2.50. The molecule has 1 fully saturated rings. The number of hydrogen-bond donors (Lipinski definition) is 4. The monoisotopic (exact) mass is 511 g/mol. The third kappa shape index (κ3) is 8.53. The van der Waals surface area contributed by atoms with Crippen molar-refractivity contribution >= 4 is 29.0 Å². The summed E-state index contributed by atoms with van der Waals surface area (Å²) in [5.41, 5.74) is 0.560. The van der Waals surface area contributed by atoms with Gasteiger partial charge in [0.05, 0.1) is 32.0 Å². The van der Waals surface area contributed by atoms with E-state index >= 15 is 0 Å². The van der Waals surface area contributed by atoms with E-state index < -0.39 is 19.2 Å². The fourth-order valence-electron chi connectivity index (χ4n) is 3.49. The number of hydrogen-bond acceptors (Lipinski definition) is 11. The molecule has 2 aromatic rings. The van der Waals surface area contributed by atoms with Crippen LogP contribution in [-0.2, 0) is 9.47 Å². The molecule has 2 aromatic heterocycles. The summed E-state index contributed by atoms with van der Waals surface area (Å²) in [5.74, 6) is 1.25. The summed E-state index contributed by atoms with van der Waals surface area (Å²) in [7, 11) is 0. The topological polar surface area (TPSA) is 133 Å². The van der Waals surface area contributed by atoms with Gasteiger partial charge in [-0.2, -0.15) is 18.2 Å². The van der Waals surface area contributed by atoms with Crippen LogP contribution >= 0.6 is 0 Å². The second kappa shape index (κ2) is 13.3. The fraction of sp³-hybridized carbons (Fsp3) is 0.591. The normalized spacial score (nSPS) is 16.1. The van der Waals surface area contributed by atoms with Gasteiger partial charge in [0.25, 0.3) is 0 Å². The van der Waals surface area contributed by atoms with Crippen molar-refractivity contribution < 1.29 is 22.6 Å². The summed E-state index contributed by atoms with van der Waals surface area (Å²) < 4.78 is 48.1. The third-order valence-electron chi connectivity index (χ3n) is 5.19. The average molecular weight is 512 g/mol. The molecule has 3 heterocycles. The molecule has 0 radical (unpaired) electrons. The van der Waals surface area contributed by atoms with E-state index in [1.807, 2.05) is 18.7 Å². The molecule has 11 nitrogen and oxygen atoms in total. The number of ether oxygens (including phenoxy) is 2. The van der Waals surface area contributed by atoms with Gasteiger partial charge in [-0.15, -0.1) is 0 Å². The van der Waals surface area contributed by atoms with Crippen LogP contribution in [0.3, 0.4) is 0 Å². The molecule has 198 valence electrons. The van der Waals surface area contributed by atoms with Crippen molar-refractivity contribution in [3.05, 3.63) is 24.3 Å². The maximum Gasteiger partial charge on any atom is 0.391 e. The van der Waals surface area contributed by atoms with Crippen LogP contribution in [0, 0.1) is 5.41 Å². The molecule has 1 aliphatic heterocycles. The van der Waals surface area contributed by atoms with Gasteiger partial charge < -0.3 is 35.7 Å². The summed E-state index contributed by atoms with van der Waals surface area (Å²) in [5, 5.41) is 18.3. The molecular formula is C22H32F3N9O2. The van der Waals surface area contributed by atoms with Crippen molar-refractivity contribution in [1.29, 1.82) is 5.41 Å². The first-order valence-electron chi connectivity index (χ1n) is 11.7. The molecular weight excluding hydrogens is 479 g/mol. The van der Waals surface area contributed by atoms with E-state index in [4.69, 9.17) is 19.9 Å². The van der Waals surface area contributed by atoms with Crippen LogP contribution in [0.1, 0.15) is 26.0 Å². The van der Waals surface area contributed by atoms with Gasteiger partial charge in [-0.25, -0.2) is 15.0 Å². The Bertz CT molecular complexity index is 979. The van der Waals surface area contributed by atoms with Gasteiger partial charge in [0.2, 0.25) is 5.95 Å². The Labute approximate surface area is 207 Å². The predicted molar refractivity (Wildman–Crippen MR) is 130 cm³/mol. The summed E-state index contributed by atoms with van der Waals surface area (Å²) in [4.78, 5) is 19.5. The Balaban J connectivity index is 1.94. The second-order valence-electron chi connectivity index (χ2n) is 8.14. The first-order chi connectivity index (χ1) is 17.3. The molecule has 1 atom stereocenters. The van der Waals surface area contributed by atoms with Crippen molar-refractivity contribution in [2.45, 2.75) is 32.5 Å². The largest absolute Gasteiger partial charge is 0.391 e. The minimum atomic E-state index is -4.33. The van der Waals surface area contributed by atoms with Gasteiger partial charge in [-0.1, -0.05) is 0 Å². The van der Waals surface area contributed by atoms with Crippen molar-refractivity contribution in [1.82, 2.24) is 25.3 Å². The summed E-state index contributed by atoms with van der Waals surface area (Å²) in [6.45, 7) is 6.43. The molecule has 36 heavy (non-hydrogen) atoms. The molecule has 0 spiro atoms. The molecule has 14 heteroatoms. The lowest BCUT2D eigenvalue weighted by Gasteiger charge is -2.32. The number of piperazine rings is 1. The molecule has 1 saturated heterocycles. The highest BCUT2D eigenvalue weighted by atomic mass is 19.4. The van der Waals surface area contributed by atoms with Crippen LogP contribution in [0.25, 0.3) is 0 Å². The number of aromatic nitrogens is 4. The Kier molecular flexibility index (Phi) is 10.1. The van der Waals surface area contributed by atoms with Gasteiger partial charge in [-0.05, 0) is 19.9 Å². The van der Waals surface area contributed by atoms with E-state index in [2.05, 4.69) is 30.9 Å². The zero-order chi connectivity index (χ0) is 26.0. The molecule has 0 aromatic carbocycles. The zero-order valence-electron chi connectivity index (χ0n) is 20.4. The predicted octanol–water partition coefficient (Wildman–Crippen LogP) is 2.59. The lowest BCUT2D eigenvalue weighted by atomic mass is 10.2. The average Bonchev–Trinajstić information content (AvgIpc) is 2.85. The van der Waals surface area contributed by atoms with Crippen molar-refractivity contribution in [2.75, 3.05) is 68.1 Å². The Morgan fingerprint density at radius 2 is 2.11 bits per heavy atom. The van der Waals surface area contributed by atoms with Crippen LogP contribution in [0.5, 0.6) is 0 Å². The quantitative estimate of drug-likeness (QED) is 0.235. The van der Waals surface area contributed by atoms with Gasteiger partial charge >= 0.3 is 6.18 Å². The SMILES string of the molecule is CCOCCNc1c(Nc2ccncn2)nc(N2CCN[C@H](C)C2)nc1C(=N)COCCC(F)(F)F. The number of alkyl halides is 3. The summed E-state index contributed by atoms with van der Waals surface area (Å²) in [6, 6.07) is 1.88. The van der Waals surface area contributed by atoms with Crippen LogP contribution in [0.15, 0.2) is 18.6 Å². The van der Waals surface area contributed by atoms with Gasteiger partial charge in [0.1, 0.15) is 23.5 Å². The zero-order valence-corrected chi connectivity index (χ0v) is 20.4. The smallest absolute Gasteiger partial charge is 0.380 e. The Morgan fingerprint density at radius 3 is 2.81 bits per heavy atom. The van der Waals surface area contributed by atoms with Crippen molar-refractivity contribution in [3.8, 4) is 0 Å². The Hall–Kier alpha value is -3.10. The number of anilines is 4. The van der Waals surface area contributed by atoms with E-state index in [0.29, 0.717) is 56.1 Å². The first-order valence-corrected chi connectivity index (χ1v) is 11.7. The number of halogens is 3. The Morgan fingerprint density at radius 1 is 1.28 bits per heavy atom. The number of rotatable bonds is 13. The van der Waals surface area contributed by atoms with Crippen LogP contribution < -0.4 is 20.9 Å². The van der Waals surface area contributed by atoms with Crippen LogP contribution in [0.2, 0.25) is 0 Å². The molecule has 0 bridgehead atoms. The van der Waals surface area contributed by atoms with Crippen molar-refractivity contribution in [3.63, 3.8) is 0 Å². The highest BCUT2D eigenvalue weighted by molar-refractivity contribution is 6.04. The van der Waals surface area contributed by atoms with Crippen molar-refractivity contribution in [2.24, 2.45) is 0 Å². The third-order valence-corrected chi connectivity index (χ3v) is 5.19. The highest BCUT2D eigenvalue weighted by Gasteiger charge is 2.27. The van der Waals surface area contributed by atoms with E-state index in [0.717, 1.165) is 6.54 Å². The standard InChI is InChI=1S/C22H32F3N9O2/c1-3-35-11-8-29-19-18(16(26)13-36-10-5-22(23,24)25)32-21(34-9-7-28-15(2)12-34)33-20(19)31-17-4-6-27-14-30-17/h4,6,14-15,26,28-29H,3,5,7-13H2,1-2H3,(H,27,30,31,32,33)/t15-/m1/s1. The first kappa shape index (κ1) is 27.5. The van der Waals surface area contributed by atoms with Gasteiger partial charge in [-0.3, -0.25) is 0 Å². The molecule has 0 unspecified atom stereocenters. The number of nitrogens with one attached hydrogen (secondary N) is 4. The van der Waals surface area contributed by atoms with E-state index in [9.17, 15) is 13.2 Å². The minimum Gasteiger partial charge on any atom is -0.380 e. The minimum absolute atomic E-state index is 0.0753. The van der Waals surface area contributed by atoms with E-state index in [-0.39, 0.29) is 24.1 Å². The van der Waals surface area contributed by atoms with Gasteiger partial charge in [0.15, 0.2) is 5.82 Å². The maximum absolute atomic E-state index is 12.5. The fourth-order valence-corrected chi connectivity index (χ4v) is 3.49. The van der Waals surface area contributed by atoms with Gasteiger partial charge in [0, 0.05) is 45.0 Å². The molecule has 4 N–H and O–H groups in total. The van der Waals surface area contributed by atoms with Crippen LogP contribution in [-0.4, -0.2) is 90.5 Å². The molecule has 0 amide bonds. The summed E-state index contributed by atoms with van der Waals surface area (Å²) >= 11 is 0. The molecule has 3 rings (SSSR count). The molecule has 0 saturated carbocycles. The molecule has 0 aliphatic carbocycles. The van der Waals surface area contributed by atoms with E-state index in [1.54, 1.807) is 12.3 Å². The van der Waals surface area contributed by atoms with E-state index in [1.165, 1.54) is 6.33 Å². The maximum atomic E-state index is 12.5. The lowest BCUT2D eigenvalue weighted by molar-refractivity contribution is -0.144. The molecule has 1 aliphatic rings. The number of nitrogens with zero attached hydrogens (tertiary/aromatic N) is 5. The second-order valence-corrected chi connectivity index (χ2v) is 8.14. The summed E-state index contributed by atoms with van der Waals surface area (Å²) in [6.07, 6.45) is -2.45. The highest BCUT2D eigenvalue weighted by Crippen LogP contribution is 2.29.